The summed E-state index contributed by atoms with van der Waals surface area (Å²) in [6.45, 7) is 1.74. The Bertz CT molecular complexity index is 220. The number of aromatic nitrogens is 1. The molecule has 10 heavy (non-hydrogen) atoms. The van der Waals surface area contributed by atoms with Gasteiger partial charge in [-0.2, -0.15) is 0 Å². The van der Waals surface area contributed by atoms with Crippen LogP contribution in [0.2, 0.25) is 0 Å². The number of thiazole rings is 1. The molecule has 2 N–H and O–H groups in total. The number of anilines is 1. The normalized spacial score (nSPS) is 16.8. The van der Waals surface area contributed by atoms with E-state index in [1.165, 1.54) is 4.88 Å². The van der Waals surface area contributed by atoms with Gasteiger partial charge in [0, 0.05) is 24.4 Å². The molecule has 0 fully saturated rings. The zero-order valence-corrected chi connectivity index (χ0v) is 6.32. The van der Waals surface area contributed by atoms with Crippen LogP contribution in [0, 0.1) is 0 Å². The molecule has 1 aliphatic rings. The highest BCUT2D eigenvalue weighted by molar-refractivity contribution is 7.15. The van der Waals surface area contributed by atoms with Crippen molar-refractivity contribution in [3.05, 3.63) is 10.6 Å². The van der Waals surface area contributed by atoms with Crippen LogP contribution in [-0.2, 0) is 13.0 Å². The van der Waals surface area contributed by atoms with Crippen LogP contribution in [0.1, 0.15) is 10.6 Å². The number of hydrogen-bond donors (Lipinski definition) is 1. The summed E-state index contributed by atoms with van der Waals surface area (Å²) < 4.78 is 0. The molecule has 0 spiro atoms. The molecule has 1 aliphatic heterocycles. The van der Waals surface area contributed by atoms with E-state index in [9.17, 15) is 0 Å². The third kappa shape index (κ3) is 0.892. The minimum absolute atomic E-state index is 0.683. The van der Waals surface area contributed by atoms with Crippen molar-refractivity contribution >= 4 is 16.5 Å². The SMILES string of the molecule is Nc1nc2c(s1)C[N]CC2. The first-order chi connectivity index (χ1) is 4.86. The molecule has 2 rings (SSSR count). The number of nitrogens with zero attached hydrogens (tertiary/aromatic N) is 2. The van der Waals surface area contributed by atoms with Crippen LogP contribution >= 0.6 is 11.3 Å². The maximum atomic E-state index is 5.52. The van der Waals surface area contributed by atoms with Gasteiger partial charge in [-0.15, -0.1) is 11.3 Å². The molecule has 1 aromatic rings. The lowest BCUT2D eigenvalue weighted by Gasteiger charge is -2.07. The minimum atomic E-state index is 0.683. The molecule has 0 unspecified atom stereocenters. The molecule has 53 valence electrons. The van der Waals surface area contributed by atoms with Crippen LogP contribution in [0.15, 0.2) is 0 Å². The fourth-order valence-corrected chi connectivity index (χ4v) is 1.92. The second kappa shape index (κ2) is 2.21. The van der Waals surface area contributed by atoms with E-state index in [-0.39, 0.29) is 0 Å². The number of nitrogens with two attached hydrogens (primary N) is 1. The summed E-state index contributed by atoms with van der Waals surface area (Å²) >= 11 is 1.56. The Morgan fingerprint density at radius 3 is 3.20 bits per heavy atom. The van der Waals surface area contributed by atoms with Crippen LogP contribution in [0.25, 0.3) is 0 Å². The molecular formula is C6H8N3S. The summed E-state index contributed by atoms with van der Waals surface area (Å²) in [5.41, 5.74) is 6.69. The fraction of sp³-hybridized carbons (Fsp3) is 0.500. The van der Waals surface area contributed by atoms with Gasteiger partial charge in [-0.05, 0) is 0 Å². The van der Waals surface area contributed by atoms with E-state index in [0.717, 1.165) is 25.2 Å². The van der Waals surface area contributed by atoms with E-state index < -0.39 is 0 Å². The largest absolute Gasteiger partial charge is 0.375 e. The molecule has 3 nitrogen and oxygen atoms in total. The first-order valence-corrected chi connectivity index (χ1v) is 4.05. The zero-order valence-electron chi connectivity index (χ0n) is 5.50. The van der Waals surface area contributed by atoms with Crippen molar-refractivity contribution in [3.63, 3.8) is 0 Å². The van der Waals surface area contributed by atoms with Crippen molar-refractivity contribution in [2.45, 2.75) is 13.0 Å². The Hall–Kier alpha value is -0.610. The first kappa shape index (κ1) is 6.12. The Balaban J connectivity index is 2.41. The lowest BCUT2D eigenvalue weighted by atomic mass is 10.2. The van der Waals surface area contributed by atoms with E-state index in [4.69, 9.17) is 5.73 Å². The van der Waals surface area contributed by atoms with Crippen molar-refractivity contribution in [2.24, 2.45) is 0 Å². The highest BCUT2D eigenvalue weighted by Crippen LogP contribution is 2.22. The topological polar surface area (TPSA) is 53.0 Å². The van der Waals surface area contributed by atoms with E-state index in [1.54, 1.807) is 11.3 Å². The van der Waals surface area contributed by atoms with E-state index in [2.05, 4.69) is 10.3 Å². The van der Waals surface area contributed by atoms with Gasteiger partial charge in [0.05, 0.1) is 5.69 Å². The van der Waals surface area contributed by atoms with E-state index >= 15 is 0 Å². The second-order valence-electron chi connectivity index (χ2n) is 2.28. The van der Waals surface area contributed by atoms with Crippen molar-refractivity contribution in [3.8, 4) is 0 Å². The van der Waals surface area contributed by atoms with Crippen molar-refractivity contribution < 1.29 is 0 Å². The highest BCUT2D eigenvalue weighted by atomic mass is 32.1. The molecule has 4 heteroatoms. The van der Waals surface area contributed by atoms with Crippen molar-refractivity contribution in [1.29, 1.82) is 0 Å². The average molecular weight is 154 g/mol. The van der Waals surface area contributed by atoms with Gasteiger partial charge in [0.1, 0.15) is 0 Å². The van der Waals surface area contributed by atoms with E-state index in [0.29, 0.717) is 5.13 Å². The molecule has 2 heterocycles. The van der Waals surface area contributed by atoms with Gasteiger partial charge in [0.2, 0.25) is 0 Å². The molecule has 0 amide bonds. The molecular weight excluding hydrogens is 146 g/mol. The van der Waals surface area contributed by atoms with Crippen LogP contribution in [0.3, 0.4) is 0 Å². The smallest absolute Gasteiger partial charge is 0.180 e. The molecule has 1 radical (unpaired) electrons. The van der Waals surface area contributed by atoms with Gasteiger partial charge in [-0.25, -0.2) is 10.3 Å². The predicted molar refractivity (Wildman–Crippen MR) is 40.9 cm³/mol. The lowest BCUT2D eigenvalue weighted by molar-refractivity contribution is 0.630. The Kier molecular flexibility index (Phi) is 1.35. The van der Waals surface area contributed by atoms with Crippen LogP contribution < -0.4 is 11.1 Å². The molecule has 0 aromatic carbocycles. The predicted octanol–water partition coefficient (Wildman–Crippen LogP) is 0.386. The minimum Gasteiger partial charge on any atom is -0.375 e. The lowest BCUT2D eigenvalue weighted by Crippen LogP contribution is -2.15. The standard InChI is InChI=1S/C6H8N3S/c7-6-9-4-1-2-8-3-5(4)10-6/h1-3H2,(H2,7,9). The molecule has 0 saturated heterocycles. The second-order valence-corrected chi connectivity index (χ2v) is 3.39. The maximum Gasteiger partial charge on any atom is 0.180 e. The Morgan fingerprint density at radius 1 is 1.50 bits per heavy atom. The van der Waals surface area contributed by atoms with Gasteiger partial charge in [-0.3, -0.25) is 0 Å². The summed E-state index contributed by atoms with van der Waals surface area (Å²) in [6.07, 6.45) is 0.975. The summed E-state index contributed by atoms with van der Waals surface area (Å²) in [4.78, 5) is 5.44. The van der Waals surface area contributed by atoms with Crippen LogP contribution in [-0.4, -0.2) is 11.5 Å². The molecule has 0 saturated carbocycles. The number of rotatable bonds is 0. The van der Waals surface area contributed by atoms with Gasteiger partial charge >= 0.3 is 0 Å². The number of fused-ring (bicyclic) bond motifs is 1. The van der Waals surface area contributed by atoms with Crippen molar-refractivity contribution in [1.82, 2.24) is 10.3 Å². The first-order valence-electron chi connectivity index (χ1n) is 3.23. The van der Waals surface area contributed by atoms with Crippen molar-refractivity contribution in [2.75, 3.05) is 12.3 Å². The van der Waals surface area contributed by atoms with Gasteiger partial charge in [0.15, 0.2) is 5.13 Å². The molecule has 0 bridgehead atoms. The monoisotopic (exact) mass is 154 g/mol. The van der Waals surface area contributed by atoms with Gasteiger partial charge in [0.25, 0.3) is 0 Å². The molecule has 0 atom stereocenters. The summed E-state index contributed by atoms with van der Waals surface area (Å²) in [6, 6.07) is 0. The third-order valence-electron chi connectivity index (χ3n) is 1.56. The maximum absolute atomic E-state index is 5.52. The van der Waals surface area contributed by atoms with Crippen LogP contribution in [0.5, 0.6) is 0 Å². The zero-order chi connectivity index (χ0) is 6.97. The third-order valence-corrected chi connectivity index (χ3v) is 2.47. The Labute approximate surface area is 63.3 Å². The number of hydrogen-bond acceptors (Lipinski definition) is 3. The number of nitrogen functional groups attached to an aromatic ring is 1. The van der Waals surface area contributed by atoms with E-state index in [1.807, 2.05) is 0 Å². The van der Waals surface area contributed by atoms with Gasteiger partial charge < -0.3 is 5.73 Å². The summed E-state index contributed by atoms with van der Waals surface area (Å²) in [5.74, 6) is 0. The fourth-order valence-electron chi connectivity index (χ4n) is 1.09. The Morgan fingerprint density at radius 2 is 2.40 bits per heavy atom. The molecule has 1 aromatic heterocycles. The molecule has 0 aliphatic carbocycles. The highest BCUT2D eigenvalue weighted by Gasteiger charge is 2.13. The van der Waals surface area contributed by atoms with Gasteiger partial charge in [-0.1, -0.05) is 0 Å². The summed E-state index contributed by atoms with van der Waals surface area (Å²) in [7, 11) is 0. The summed E-state index contributed by atoms with van der Waals surface area (Å²) in [5, 5.41) is 4.93. The average Bonchev–Trinajstić information content (AvgIpc) is 2.27. The quantitative estimate of drug-likeness (QED) is 0.587. The van der Waals surface area contributed by atoms with Crippen LogP contribution in [0.4, 0.5) is 5.13 Å².